The van der Waals surface area contributed by atoms with Gasteiger partial charge in [0.1, 0.15) is 0 Å². The molecule has 3 rings (SSSR count). The minimum atomic E-state index is -0.684. The maximum absolute atomic E-state index is 13.6. The normalized spacial score (nSPS) is 10.8. The van der Waals surface area contributed by atoms with Gasteiger partial charge in [-0.25, -0.2) is 9.18 Å². The average molecular weight is 399 g/mol. The van der Waals surface area contributed by atoms with Crippen molar-refractivity contribution < 1.29 is 28.0 Å². The summed E-state index contributed by atoms with van der Waals surface area (Å²) in [6.07, 6.45) is 2.52. The van der Waals surface area contributed by atoms with Crippen molar-refractivity contribution in [1.29, 1.82) is 0 Å². The van der Waals surface area contributed by atoms with E-state index in [0.29, 0.717) is 11.1 Å². The summed E-state index contributed by atoms with van der Waals surface area (Å²) in [5, 5.41) is 18.2. The zero-order chi connectivity index (χ0) is 20.8. The van der Waals surface area contributed by atoms with E-state index in [1.807, 2.05) is 0 Å². The maximum atomic E-state index is 13.6. The van der Waals surface area contributed by atoms with Crippen molar-refractivity contribution in [1.82, 2.24) is 10.2 Å². The molecule has 0 atom stereocenters. The van der Waals surface area contributed by atoms with Gasteiger partial charge in [0.25, 0.3) is 11.6 Å². The van der Waals surface area contributed by atoms with Gasteiger partial charge in [-0.1, -0.05) is 6.07 Å². The Morgan fingerprint density at radius 1 is 1.24 bits per heavy atom. The third-order valence-corrected chi connectivity index (χ3v) is 3.72. The van der Waals surface area contributed by atoms with Crippen LogP contribution < -0.4 is 4.74 Å². The number of esters is 1. The van der Waals surface area contributed by atoms with Gasteiger partial charge in [0, 0.05) is 23.8 Å². The lowest BCUT2D eigenvalue weighted by Gasteiger charge is -2.02. The molecular weight excluding hydrogens is 385 g/mol. The van der Waals surface area contributed by atoms with Gasteiger partial charge < -0.3 is 13.9 Å². The fourth-order valence-corrected chi connectivity index (χ4v) is 2.29. The van der Waals surface area contributed by atoms with Gasteiger partial charge in [-0.15, -0.1) is 10.2 Å². The van der Waals surface area contributed by atoms with Crippen LogP contribution in [0.1, 0.15) is 11.5 Å². The first kappa shape index (κ1) is 19.7. The summed E-state index contributed by atoms with van der Waals surface area (Å²) in [5.74, 6) is -0.945. The van der Waals surface area contributed by atoms with Crippen molar-refractivity contribution >= 4 is 17.7 Å². The first-order valence-corrected chi connectivity index (χ1v) is 8.22. The van der Waals surface area contributed by atoms with E-state index in [4.69, 9.17) is 13.9 Å². The minimum absolute atomic E-state index is 0.0515. The molecule has 0 radical (unpaired) electrons. The Hall–Kier alpha value is -4.08. The van der Waals surface area contributed by atoms with Gasteiger partial charge in [0.05, 0.1) is 12.0 Å². The van der Waals surface area contributed by atoms with Crippen molar-refractivity contribution in [3.05, 3.63) is 75.9 Å². The van der Waals surface area contributed by atoms with Crippen molar-refractivity contribution in [2.75, 3.05) is 7.11 Å². The number of ether oxygens (including phenoxy) is 2. The smallest absolute Gasteiger partial charge is 0.331 e. The van der Waals surface area contributed by atoms with Crippen LogP contribution in [0, 0.1) is 15.9 Å². The molecule has 0 aliphatic rings. The number of methoxy groups -OCH3 is 1. The van der Waals surface area contributed by atoms with E-state index in [-0.39, 0.29) is 29.8 Å². The molecular formula is C19H14FN3O6. The number of carbonyl (C=O) groups excluding carboxylic acids is 1. The summed E-state index contributed by atoms with van der Waals surface area (Å²) in [6.45, 7) is -0.264. The van der Waals surface area contributed by atoms with Crippen LogP contribution in [-0.2, 0) is 16.1 Å². The van der Waals surface area contributed by atoms with Gasteiger partial charge in [0.2, 0.25) is 5.89 Å². The molecule has 0 saturated carbocycles. The second-order valence-electron chi connectivity index (χ2n) is 5.64. The Kier molecular flexibility index (Phi) is 5.93. The van der Waals surface area contributed by atoms with E-state index in [0.717, 1.165) is 6.08 Å². The molecule has 0 amide bonds. The van der Waals surface area contributed by atoms with E-state index in [9.17, 15) is 19.3 Å². The number of nitro groups is 1. The summed E-state index contributed by atoms with van der Waals surface area (Å²) >= 11 is 0. The average Bonchev–Trinajstić information content (AvgIpc) is 3.20. The molecule has 148 valence electrons. The van der Waals surface area contributed by atoms with E-state index < -0.39 is 16.7 Å². The van der Waals surface area contributed by atoms with Crippen molar-refractivity contribution in [3.8, 4) is 17.2 Å². The highest BCUT2D eigenvalue weighted by Crippen LogP contribution is 2.21. The Bertz CT molecular complexity index is 1060. The van der Waals surface area contributed by atoms with Crippen LogP contribution in [0.4, 0.5) is 10.1 Å². The standard InChI is InChI=1S/C19H14FN3O6/c1-27-16-8-2-12(10-15(16)20)3-9-18(24)28-11-17-21-22-19(29-17)13-4-6-14(7-5-13)23(25)26/h2-10H,11H2,1H3/b9-3+. The second-order valence-corrected chi connectivity index (χ2v) is 5.64. The fourth-order valence-electron chi connectivity index (χ4n) is 2.29. The molecule has 1 aromatic heterocycles. The van der Waals surface area contributed by atoms with Crippen molar-refractivity contribution in [2.45, 2.75) is 6.61 Å². The van der Waals surface area contributed by atoms with Crippen LogP contribution >= 0.6 is 0 Å². The molecule has 0 aliphatic carbocycles. The first-order chi connectivity index (χ1) is 14.0. The number of benzene rings is 2. The Labute approximate surface area is 163 Å². The van der Waals surface area contributed by atoms with Gasteiger partial charge in [-0.3, -0.25) is 10.1 Å². The molecule has 29 heavy (non-hydrogen) atoms. The molecule has 9 nitrogen and oxygen atoms in total. The highest BCUT2D eigenvalue weighted by atomic mass is 19.1. The number of halogens is 1. The largest absolute Gasteiger partial charge is 0.494 e. The Balaban J connectivity index is 1.57. The predicted molar refractivity (Wildman–Crippen MR) is 98.2 cm³/mol. The molecule has 0 unspecified atom stereocenters. The Morgan fingerprint density at radius 2 is 2.00 bits per heavy atom. The van der Waals surface area contributed by atoms with Gasteiger partial charge in [-0.2, -0.15) is 0 Å². The third kappa shape index (κ3) is 5.01. The molecule has 0 bridgehead atoms. The second kappa shape index (κ2) is 8.74. The van der Waals surface area contributed by atoms with Crippen LogP contribution in [0.3, 0.4) is 0 Å². The van der Waals surface area contributed by atoms with Crippen LogP contribution in [0.15, 0.2) is 53.0 Å². The van der Waals surface area contributed by atoms with Crippen LogP contribution in [0.5, 0.6) is 5.75 Å². The van der Waals surface area contributed by atoms with Gasteiger partial charge in [0.15, 0.2) is 18.2 Å². The number of nitrogens with zero attached hydrogens (tertiary/aromatic N) is 3. The number of rotatable bonds is 7. The number of nitro benzene ring substituents is 1. The highest BCUT2D eigenvalue weighted by Gasteiger charge is 2.12. The van der Waals surface area contributed by atoms with E-state index in [1.54, 1.807) is 6.07 Å². The van der Waals surface area contributed by atoms with Crippen LogP contribution in [0.25, 0.3) is 17.5 Å². The maximum Gasteiger partial charge on any atom is 0.331 e. The lowest BCUT2D eigenvalue weighted by atomic mass is 10.2. The summed E-state index contributed by atoms with van der Waals surface area (Å²) in [4.78, 5) is 21.9. The molecule has 0 spiro atoms. The van der Waals surface area contributed by atoms with Gasteiger partial charge in [-0.05, 0) is 35.9 Å². The van der Waals surface area contributed by atoms with Crippen molar-refractivity contribution in [3.63, 3.8) is 0 Å². The summed E-state index contributed by atoms with van der Waals surface area (Å²) in [7, 11) is 1.36. The molecule has 0 saturated heterocycles. The van der Waals surface area contributed by atoms with E-state index in [1.165, 1.54) is 49.6 Å². The topological polar surface area (TPSA) is 118 Å². The Morgan fingerprint density at radius 3 is 2.66 bits per heavy atom. The quantitative estimate of drug-likeness (QED) is 0.256. The number of hydrogen-bond donors (Lipinski definition) is 0. The highest BCUT2D eigenvalue weighted by molar-refractivity contribution is 5.87. The lowest BCUT2D eigenvalue weighted by molar-refractivity contribution is -0.384. The first-order valence-electron chi connectivity index (χ1n) is 8.22. The summed E-state index contributed by atoms with van der Waals surface area (Å²) < 4.78 is 28.8. The summed E-state index contributed by atoms with van der Waals surface area (Å²) in [6, 6.07) is 9.81. The number of hydrogen-bond acceptors (Lipinski definition) is 8. The van der Waals surface area contributed by atoms with Crippen LogP contribution in [0.2, 0.25) is 0 Å². The molecule has 0 aliphatic heterocycles. The van der Waals surface area contributed by atoms with E-state index in [2.05, 4.69) is 10.2 Å². The molecule has 0 fully saturated rings. The number of aromatic nitrogens is 2. The summed E-state index contributed by atoms with van der Waals surface area (Å²) in [5.41, 5.74) is 0.881. The SMILES string of the molecule is COc1ccc(/C=C/C(=O)OCc2nnc(-c3ccc([N+](=O)[O-])cc3)o2)cc1F. The fraction of sp³-hybridized carbons (Fsp3) is 0.105. The van der Waals surface area contributed by atoms with Crippen molar-refractivity contribution in [2.24, 2.45) is 0 Å². The van der Waals surface area contributed by atoms with E-state index >= 15 is 0 Å². The zero-order valence-electron chi connectivity index (χ0n) is 15.1. The molecule has 2 aromatic carbocycles. The molecule has 0 N–H and O–H groups in total. The predicted octanol–water partition coefficient (Wildman–Crippen LogP) is 3.55. The lowest BCUT2D eigenvalue weighted by Crippen LogP contribution is -2.01. The zero-order valence-corrected chi connectivity index (χ0v) is 15.1. The number of non-ortho nitro benzene ring substituents is 1. The molecule has 3 aromatic rings. The molecule has 1 heterocycles. The van der Waals surface area contributed by atoms with Gasteiger partial charge >= 0.3 is 5.97 Å². The van der Waals surface area contributed by atoms with Crippen LogP contribution in [-0.4, -0.2) is 28.2 Å². The minimum Gasteiger partial charge on any atom is -0.494 e. The number of carbonyl (C=O) groups is 1. The monoisotopic (exact) mass is 399 g/mol. The third-order valence-electron chi connectivity index (χ3n) is 3.72. The molecule has 10 heteroatoms.